The van der Waals surface area contributed by atoms with Crippen LogP contribution in [0.3, 0.4) is 0 Å². The second-order valence-corrected chi connectivity index (χ2v) is 6.92. The van der Waals surface area contributed by atoms with Crippen LogP contribution >= 0.6 is 11.8 Å². The number of rotatable bonds is 7. The molecule has 0 saturated heterocycles. The smallest absolute Gasteiger partial charge is 0.258 e. The molecule has 3 N–H and O–H groups in total. The fourth-order valence-corrected chi connectivity index (χ4v) is 3.36. The number of primary amides is 1. The number of nitrogens with one attached hydrogen (secondary N) is 1. The molecule has 0 unspecified atom stereocenters. The maximum atomic E-state index is 13.9. The summed E-state index contributed by atoms with van der Waals surface area (Å²) in [6, 6.07) is 10.2. The molecule has 2 aromatic carbocycles. The third-order valence-electron chi connectivity index (χ3n) is 3.74. The summed E-state index contributed by atoms with van der Waals surface area (Å²) in [7, 11) is 0. The van der Waals surface area contributed by atoms with Crippen molar-refractivity contribution in [2.24, 2.45) is 5.73 Å². The standard InChI is InChI=1S/C19H16F2N4O2S/c20-13-5-6-16(14(21)9-13)25-11-12(10-23-25)19(27)24-15-3-1-2-4-17(15)28-8-7-18(22)26/h1-6,9-11H,7-8H2,(H2,22,26)(H,24,27). The minimum absolute atomic E-state index is 0.0304. The maximum absolute atomic E-state index is 13.9. The Balaban J connectivity index is 1.74. The van der Waals surface area contributed by atoms with Gasteiger partial charge >= 0.3 is 0 Å². The van der Waals surface area contributed by atoms with Crippen molar-refractivity contribution in [3.63, 3.8) is 0 Å². The summed E-state index contributed by atoms with van der Waals surface area (Å²) in [5.74, 6) is -1.82. The number of nitrogens with two attached hydrogens (primary N) is 1. The number of carbonyl (C=O) groups excluding carboxylic acids is 2. The van der Waals surface area contributed by atoms with Crippen LogP contribution < -0.4 is 11.1 Å². The molecule has 2 amide bonds. The second kappa shape index (κ2) is 8.66. The zero-order chi connectivity index (χ0) is 20.1. The van der Waals surface area contributed by atoms with Crippen LogP contribution in [0.1, 0.15) is 16.8 Å². The zero-order valence-corrected chi connectivity index (χ0v) is 15.4. The lowest BCUT2D eigenvalue weighted by molar-refractivity contribution is -0.117. The van der Waals surface area contributed by atoms with Gasteiger partial charge in [-0.25, -0.2) is 13.5 Å². The number of amides is 2. The summed E-state index contributed by atoms with van der Waals surface area (Å²) in [6.45, 7) is 0. The molecule has 0 spiro atoms. The number of halogens is 2. The highest BCUT2D eigenvalue weighted by Gasteiger charge is 2.14. The minimum Gasteiger partial charge on any atom is -0.370 e. The van der Waals surface area contributed by atoms with E-state index < -0.39 is 23.4 Å². The van der Waals surface area contributed by atoms with E-state index in [0.29, 0.717) is 11.4 Å². The lowest BCUT2D eigenvalue weighted by atomic mass is 10.2. The number of hydrogen-bond acceptors (Lipinski definition) is 4. The lowest BCUT2D eigenvalue weighted by Crippen LogP contribution is -2.12. The van der Waals surface area contributed by atoms with E-state index in [1.165, 1.54) is 30.2 Å². The maximum Gasteiger partial charge on any atom is 0.258 e. The molecule has 0 aliphatic rings. The van der Waals surface area contributed by atoms with Crippen LogP contribution in [0.15, 0.2) is 59.8 Å². The van der Waals surface area contributed by atoms with Crippen molar-refractivity contribution < 1.29 is 18.4 Å². The number of anilines is 1. The monoisotopic (exact) mass is 402 g/mol. The Hall–Kier alpha value is -3.20. The summed E-state index contributed by atoms with van der Waals surface area (Å²) < 4.78 is 28.1. The fraction of sp³-hybridized carbons (Fsp3) is 0.105. The van der Waals surface area contributed by atoms with E-state index in [0.717, 1.165) is 21.7 Å². The molecule has 6 nitrogen and oxygen atoms in total. The molecule has 0 aliphatic heterocycles. The van der Waals surface area contributed by atoms with Crippen molar-refractivity contribution in [2.45, 2.75) is 11.3 Å². The van der Waals surface area contributed by atoms with Gasteiger partial charge in [0, 0.05) is 29.3 Å². The van der Waals surface area contributed by atoms with Gasteiger partial charge in [-0.2, -0.15) is 5.10 Å². The van der Waals surface area contributed by atoms with Crippen LogP contribution in [0.25, 0.3) is 5.69 Å². The van der Waals surface area contributed by atoms with Crippen molar-refractivity contribution in [1.82, 2.24) is 9.78 Å². The van der Waals surface area contributed by atoms with E-state index in [9.17, 15) is 18.4 Å². The van der Waals surface area contributed by atoms with Crippen molar-refractivity contribution in [2.75, 3.05) is 11.1 Å². The fourth-order valence-electron chi connectivity index (χ4n) is 2.39. The number of benzene rings is 2. The summed E-state index contributed by atoms with van der Waals surface area (Å²) in [4.78, 5) is 24.2. The molecule has 1 heterocycles. The molecule has 0 fully saturated rings. The average Bonchev–Trinajstić information content (AvgIpc) is 3.13. The molecule has 3 aromatic rings. The molecule has 0 atom stereocenters. The van der Waals surface area contributed by atoms with Crippen molar-refractivity contribution in [1.29, 1.82) is 0 Å². The SMILES string of the molecule is NC(=O)CCSc1ccccc1NC(=O)c1cnn(-c2ccc(F)cc2F)c1. The third kappa shape index (κ3) is 4.74. The predicted molar refractivity (Wildman–Crippen MR) is 102 cm³/mol. The molecule has 1 aromatic heterocycles. The Morgan fingerprint density at radius 3 is 2.71 bits per heavy atom. The molecule has 3 rings (SSSR count). The van der Waals surface area contributed by atoms with Crippen LogP contribution in [-0.2, 0) is 4.79 Å². The number of para-hydroxylation sites is 1. The van der Waals surface area contributed by atoms with E-state index in [4.69, 9.17) is 5.73 Å². The van der Waals surface area contributed by atoms with Crippen molar-refractivity contribution >= 4 is 29.3 Å². The van der Waals surface area contributed by atoms with Crippen LogP contribution in [0.2, 0.25) is 0 Å². The van der Waals surface area contributed by atoms with Crippen LogP contribution in [0.4, 0.5) is 14.5 Å². The van der Waals surface area contributed by atoms with Gasteiger partial charge in [0.25, 0.3) is 5.91 Å². The topological polar surface area (TPSA) is 90.0 Å². The van der Waals surface area contributed by atoms with Crippen LogP contribution in [-0.4, -0.2) is 27.3 Å². The summed E-state index contributed by atoms with van der Waals surface area (Å²) in [5.41, 5.74) is 5.95. The van der Waals surface area contributed by atoms with Gasteiger partial charge in [0.15, 0.2) is 5.82 Å². The van der Waals surface area contributed by atoms with Crippen LogP contribution in [0.5, 0.6) is 0 Å². The molecule has 0 bridgehead atoms. The first-order chi connectivity index (χ1) is 13.4. The quantitative estimate of drug-likeness (QED) is 0.593. The molecule has 0 saturated carbocycles. The van der Waals surface area contributed by atoms with Gasteiger partial charge in [-0.1, -0.05) is 12.1 Å². The third-order valence-corrected chi connectivity index (χ3v) is 4.82. The number of hydrogen-bond donors (Lipinski definition) is 2. The molecule has 28 heavy (non-hydrogen) atoms. The van der Waals surface area contributed by atoms with Gasteiger partial charge in [0.2, 0.25) is 5.91 Å². The van der Waals surface area contributed by atoms with E-state index in [-0.39, 0.29) is 17.7 Å². The Morgan fingerprint density at radius 2 is 1.96 bits per heavy atom. The van der Waals surface area contributed by atoms with Gasteiger partial charge in [0.1, 0.15) is 11.5 Å². The van der Waals surface area contributed by atoms with Crippen molar-refractivity contribution in [3.05, 3.63) is 72.1 Å². The Labute approximate surface area is 163 Å². The summed E-state index contributed by atoms with van der Waals surface area (Å²) in [5, 5.41) is 6.74. The molecular formula is C19H16F2N4O2S. The largest absolute Gasteiger partial charge is 0.370 e. The van der Waals surface area contributed by atoms with Gasteiger partial charge in [-0.05, 0) is 24.3 Å². The Morgan fingerprint density at radius 1 is 1.18 bits per heavy atom. The van der Waals surface area contributed by atoms with E-state index in [1.54, 1.807) is 12.1 Å². The highest BCUT2D eigenvalue weighted by Crippen LogP contribution is 2.28. The number of nitrogens with zero attached hydrogens (tertiary/aromatic N) is 2. The van der Waals surface area contributed by atoms with E-state index in [2.05, 4.69) is 10.4 Å². The van der Waals surface area contributed by atoms with E-state index >= 15 is 0 Å². The van der Waals surface area contributed by atoms with Gasteiger partial charge in [-0.15, -0.1) is 11.8 Å². The first kappa shape index (κ1) is 19.6. The predicted octanol–water partition coefficient (Wildman–Crippen LogP) is 3.37. The first-order valence-electron chi connectivity index (χ1n) is 8.25. The van der Waals surface area contributed by atoms with E-state index in [1.807, 2.05) is 12.1 Å². The highest BCUT2D eigenvalue weighted by molar-refractivity contribution is 7.99. The average molecular weight is 402 g/mol. The molecule has 0 radical (unpaired) electrons. The van der Waals surface area contributed by atoms with Crippen molar-refractivity contribution in [3.8, 4) is 5.69 Å². The highest BCUT2D eigenvalue weighted by atomic mass is 32.2. The van der Waals surface area contributed by atoms with Crippen LogP contribution in [0, 0.1) is 11.6 Å². The zero-order valence-electron chi connectivity index (χ0n) is 14.6. The molecule has 9 heteroatoms. The first-order valence-corrected chi connectivity index (χ1v) is 9.24. The van der Waals surface area contributed by atoms with Gasteiger partial charge in [0.05, 0.1) is 17.4 Å². The Kier molecular flexibility index (Phi) is 6.05. The lowest BCUT2D eigenvalue weighted by Gasteiger charge is -2.09. The van der Waals surface area contributed by atoms with Gasteiger partial charge in [-0.3, -0.25) is 9.59 Å². The molecule has 0 aliphatic carbocycles. The summed E-state index contributed by atoms with van der Waals surface area (Å²) >= 11 is 1.40. The minimum atomic E-state index is -0.786. The number of carbonyl (C=O) groups is 2. The molecular weight excluding hydrogens is 386 g/mol. The summed E-state index contributed by atoms with van der Waals surface area (Å²) in [6.07, 6.45) is 2.87. The van der Waals surface area contributed by atoms with Gasteiger partial charge < -0.3 is 11.1 Å². The molecule has 144 valence electrons. The normalized spacial score (nSPS) is 10.6. The Bertz CT molecular complexity index is 1020. The number of aromatic nitrogens is 2. The second-order valence-electron chi connectivity index (χ2n) is 5.78. The number of thioether (sulfide) groups is 1.